The standard InChI is InChI=1S/C20H27N3O11/c1-9(24)30-8-13-16(31-10(2)25)17(32-11(3)26)18(33-12(4)27)19(34-13)23-15(22(5)6)7-14(28)21-20(23)29/h7,13,16-19H,8H2,1-6H3,(H,21,28,29)/t13-,16-,17+,18-,19-/m1/s1. The Hall–Kier alpha value is -3.68. The highest BCUT2D eigenvalue weighted by atomic mass is 16.7. The number of hydrogen-bond acceptors (Lipinski definition) is 12. The molecule has 1 aliphatic heterocycles. The van der Waals surface area contributed by atoms with Gasteiger partial charge in [-0.1, -0.05) is 0 Å². The minimum Gasteiger partial charge on any atom is -0.463 e. The van der Waals surface area contributed by atoms with Gasteiger partial charge in [0.2, 0.25) is 0 Å². The summed E-state index contributed by atoms with van der Waals surface area (Å²) in [4.78, 5) is 75.4. The van der Waals surface area contributed by atoms with Gasteiger partial charge in [-0.2, -0.15) is 0 Å². The normalized spacial score (nSPS) is 24.0. The molecule has 5 atom stereocenters. The number of ether oxygens (including phenoxy) is 5. The first kappa shape index (κ1) is 26.6. The number of aromatic amines is 1. The Morgan fingerprint density at radius 3 is 1.94 bits per heavy atom. The van der Waals surface area contributed by atoms with Crippen LogP contribution < -0.4 is 16.1 Å². The SMILES string of the molecule is CC(=O)OC[C@H]1O[C@@H](n2c(N(C)C)cc(=O)[nH]c2=O)[C@H](OC(C)=O)[C@@H](OC(C)=O)[C@@H]1OC(C)=O. The molecule has 0 saturated carbocycles. The molecule has 0 aromatic carbocycles. The van der Waals surface area contributed by atoms with E-state index in [2.05, 4.69) is 4.98 Å². The van der Waals surface area contributed by atoms with Gasteiger partial charge in [0.1, 0.15) is 18.5 Å². The summed E-state index contributed by atoms with van der Waals surface area (Å²) < 4.78 is 28.0. The molecule has 14 heteroatoms. The summed E-state index contributed by atoms with van der Waals surface area (Å²) in [6.07, 6.45) is -7.06. The number of nitrogens with one attached hydrogen (secondary N) is 1. The molecular formula is C20H27N3O11. The van der Waals surface area contributed by atoms with Crippen molar-refractivity contribution in [1.29, 1.82) is 0 Å². The van der Waals surface area contributed by atoms with Crippen molar-refractivity contribution >= 4 is 29.7 Å². The van der Waals surface area contributed by atoms with Crippen LogP contribution in [0.1, 0.15) is 33.9 Å². The Morgan fingerprint density at radius 1 is 0.912 bits per heavy atom. The van der Waals surface area contributed by atoms with Crippen molar-refractivity contribution in [2.75, 3.05) is 25.6 Å². The van der Waals surface area contributed by atoms with E-state index in [-0.39, 0.29) is 5.82 Å². The number of hydrogen-bond donors (Lipinski definition) is 1. The second-order valence-electron chi connectivity index (χ2n) is 7.65. The Morgan fingerprint density at radius 2 is 1.44 bits per heavy atom. The molecule has 1 N–H and O–H groups in total. The van der Waals surface area contributed by atoms with Crippen LogP contribution in [0.3, 0.4) is 0 Å². The van der Waals surface area contributed by atoms with E-state index in [0.29, 0.717) is 0 Å². The second-order valence-corrected chi connectivity index (χ2v) is 7.65. The minimum absolute atomic E-state index is 0.0645. The fraction of sp³-hybridized carbons (Fsp3) is 0.600. The van der Waals surface area contributed by atoms with E-state index >= 15 is 0 Å². The van der Waals surface area contributed by atoms with Crippen molar-refractivity contribution in [2.45, 2.75) is 58.3 Å². The van der Waals surface area contributed by atoms with E-state index in [9.17, 15) is 28.8 Å². The summed E-state index contributed by atoms with van der Waals surface area (Å²) in [5.41, 5.74) is -1.62. The largest absolute Gasteiger partial charge is 0.463 e. The Kier molecular flexibility index (Phi) is 8.57. The molecule has 0 spiro atoms. The quantitative estimate of drug-likeness (QED) is 0.364. The molecule has 0 unspecified atom stereocenters. The van der Waals surface area contributed by atoms with Crippen LogP contribution in [0.2, 0.25) is 0 Å². The number of esters is 4. The predicted octanol–water partition coefficient (Wildman–Crippen LogP) is -1.14. The number of carbonyl (C=O) groups excluding carboxylic acids is 4. The number of H-pyrrole nitrogens is 1. The van der Waals surface area contributed by atoms with Gasteiger partial charge < -0.3 is 28.6 Å². The predicted molar refractivity (Wildman–Crippen MR) is 113 cm³/mol. The number of nitrogens with zero attached hydrogens (tertiary/aromatic N) is 2. The third-order valence-electron chi connectivity index (χ3n) is 4.63. The molecule has 0 bridgehead atoms. The molecule has 1 fully saturated rings. The monoisotopic (exact) mass is 485 g/mol. The average molecular weight is 485 g/mol. The summed E-state index contributed by atoms with van der Waals surface area (Å²) in [5, 5.41) is 0. The van der Waals surface area contributed by atoms with Crippen molar-refractivity contribution in [2.24, 2.45) is 0 Å². The van der Waals surface area contributed by atoms with Gasteiger partial charge in [0, 0.05) is 47.9 Å². The van der Waals surface area contributed by atoms with Crippen LogP contribution >= 0.6 is 0 Å². The molecule has 1 aliphatic rings. The van der Waals surface area contributed by atoms with E-state index < -0.39 is 72.4 Å². The average Bonchev–Trinajstić information content (AvgIpc) is 2.68. The summed E-state index contributed by atoms with van der Waals surface area (Å²) in [6, 6.07) is 1.11. The molecule has 2 heterocycles. The molecule has 0 aliphatic carbocycles. The molecule has 1 aromatic heterocycles. The van der Waals surface area contributed by atoms with Gasteiger partial charge in [-0.3, -0.25) is 29.0 Å². The third-order valence-corrected chi connectivity index (χ3v) is 4.63. The van der Waals surface area contributed by atoms with E-state index in [0.717, 1.165) is 38.3 Å². The van der Waals surface area contributed by atoms with Crippen LogP contribution in [0, 0.1) is 0 Å². The van der Waals surface area contributed by atoms with Gasteiger partial charge in [0.05, 0.1) is 0 Å². The van der Waals surface area contributed by atoms with E-state index in [1.54, 1.807) is 14.1 Å². The Labute approximate surface area is 193 Å². The van der Waals surface area contributed by atoms with Crippen LogP contribution in [0.15, 0.2) is 15.7 Å². The minimum atomic E-state index is -1.50. The zero-order valence-corrected chi connectivity index (χ0v) is 19.6. The first-order valence-corrected chi connectivity index (χ1v) is 10.2. The molecule has 188 valence electrons. The maximum atomic E-state index is 12.8. The molecule has 1 aromatic rings. The lowest BCUT2D eigenvalue weighted by Gasteiger charge is -2.45. The van der Waals surface area contributed by atoms with Gasteiger partial charge >= 0.3 is 29.6 Å². The van der Waals surface area contributed by atoms with Gasteiger partial charge in [-0.05, 0) is 0 Å². The van der Waals surface area contributed by atoms with E-state index in [4.69, 9.17) is 23.7 Å². The number of aromatic nitrogens is 2. The van der Waals surface area contributed by atoms with Crippen molar-refractivity contribution in [3.05, 3.63) is 26.9 Å². The van der Waals surface area contributed by atoms with E-state index in [1.807, 2.05) is 0 Å². The van der Waals surface area contributed by atoms with E-state index in [1.165, 1.54) is 4.90 Å². The van der Waals surface area contributed by atoms with Gasteiger partial charge in [0.15, 0.2) is 24.5 Å². The summed E-state index contributed by atoms with van der Waals surface area (Å²) in [7, 11) is 3.10. The number of carbonyl (C=O) groups is 4. The molecule has 0 amide bonds. The zero-order chi connectivity index (χ0) is 25.7. The fourth-order valence-corrected chi connectivity index (χ4v) is 3.50. The third kappa shape index (κ3) is 6.43. The van der Waals surface area contributed by atoms with Gasteiger partial charge in [0.25, 0.3) is 5.56 Å². The van der Waals surface area contributed by atoms with Crippen molar-refractivity contribution in [1.82, 2.24) is 9.55 Å². The van der Waals surface area contributed by atoms with Crippen molar-refractivity contribution < 1.29 is 42.9 Å². The lowest BCUT2D eigenvalue weighted by molar-refractivity contribution is -0.268. The molecular weight excluding hydrogens is 458 g/mol. The Balaban J connectivity index is 2.75. The van der Waals surface area contributed by atoms with Gasteiger partial charge in [-0.15, -0.1) is 0 Å². The van der Waals surface area contributed by atoms with Crippen LogP contribution in [0.4, 0.5) is 5.82 Å². The topological polar surface area (TPSA) is 173 Å². The number of anilines is 1. The second kappa shape index (κ2) is 11.0. The highest BCUT2D eigenvalue weighted by Gasteiger charge is 2.53. The van der Waals surface area contributed by atoms with Crippen LogP contribution in [0.5, 0.6) is 0 Å². The molecule has 14 nitrogen and oxygen atoms in total. The van der Waals surface area contributed by atoms with Crippen molar-refractivity contribution in [3.8, 4) is 0 Å². The lowest BCUT2D eigenvalue weighted by atomic mass is 9.97. The maximum Gasteiger partial charge on any atom is 0.332 e. The smallest absolute Gasteiger partial charge is 0.332 e. The van der Waals surface area contributed by atoms with Gasteiger partial charge in [-0.25, -0.2) is 9.36 Å². The summed E-state index contributed by atoms with van der Waals surface area (Å²) in [6.45, 7) is 3.94. The molecule has 1 saturated heterocycles. The molecule has 0 radical (unpaired) electrons. The van der Waals surface area contributed by atoms with Crippen LogP contribution in [-0.2, 0) is 42.9 Å². The zero-order valence-electron chi connectivity index (χ0n) is 19.6. The molecule has 34 heavy (non-hydrogen) atoms. The lowest BCUT2D eigenvalue weighted by Crippen LogP contribution is -2.61. The highest BCUT2D eigenvalue weighted by Crippen LogP contribution is 2.35. The fourth-order valence-electron chi connectivity index (χ4n) is 3.50. The Bertz CT molecular complexity index is 1060. The van der Waals surface area contributed by atoms with Crippen LogP contribution in [-0.4, -0.2) is 78.5 Å². The molecule has 2 rings (SSSR count). The summed E-state index contributed by atoms with van der Waals surface area (Å²) >= 11 is 0. The maximum absolute atomic E-state index is 12.8. The van der Waals surface area contributed by atoms with Crippen molar-refractivity contribution in [3.63, 3.8) is 0 Å². The first-order chi connectivity index (χ1) is 15.8. The van der Waals surface area contributed by atoms with Crippen LogP contribution in [0.25, 0.3) is 0 Å². The number of rotatable bonds is 7. The summed E-state index contributed by atoms with van der Waals surface area (Å²) in [5.74, 6) is -3.03. The highest BCUT2D eigenvalue weighted by molar-refractivity contribution is 5.68. The first-order valence-electron chi connectivity index (χ1n) is 10.2.